The van der Waals surface area contributed by atoms with Gasteiger partial charge in [0.25, 0.3) is 5.69 Å². The van der Waals surface area contributed by atoms with Gasteiger partial charge in [0, 0.05) is 29.1 Å². The molecule has 0 unspecified atom stereocenters. The van der Waals surface area contributed by atoms with E-state index >= 15 is 0 Å². The van der Waals surface area contributed by atoms with E-state index < -0.39 is 16.7 Å². The molecule has 1 heterocycles. The lowest BCUT2D eigenvalue weighted by Gasteiger charge is -2.13. The molecule has 0 spiro atoms. The molecule has 0 aliphatic carbocycles. The number of aromatic nitrogens is 1. The number of hydrogen-bond donors (Lipinski definition) is 0. The van der Waals surface area contributed by atoms with Crippen molar-refractivity contribution in [1.29, 1.82) is 0 Å². The van der Waals surface area contributed by atoms with Crippen LogP contribution in [0.5, 0.6) is 0 Å². The molecule has 0 aliphatic heterocycles. The number of pyridine rings is 1. The number of alkyl halides is 3. The summed E-state index contributed by atoms with van der Waals surface area (Å²) in [4.78, 5) is 14.1. The number of nitrogens with zero attached hydrogens (tertiary/aromatic N) is 2. The van der Waals surface area contributed by atoms with Gasteiger partial charge in [-0.2, -0.15) is 13.2 Å². The van der Waals surface area contributed by atoms with Gasteiger partial charge in [0.05, 0.1) is 10.5 Å². The average Bonchev–Trinajstić information content (AvgIpc) is 2.38. The van der Waals surface area contributed by atoms with Crippen LogP contribution >= 0.6 is 0 Å². The highest BCUT2D eigenvalue weighted by atomic mass is 19.4. The molecule has 0 amide bonds. The first-order valence-corrected chi connectivity index (χ1v) is 5.99. The molecule has 2 aromatic rings. The van der Waals surface area contributed by atoms with Gasteiger partial charge < -0.3 is 0 Å². The summed E-state index contributed by atoms with van der Waals surface area (Å²) < 4.78 is 39.3. The van der Waals surface area contributed by atoms with Crippen LogP contribution in [0.15, 0.2) is 30.5 Å². The predicted octanol–water partition coefficient (Wildman–Crippen LogP) is 4.29. The SMILES string of the molecule is Cc1cc(C(F)(F)F)c(-c2ccc(C)c([N+](=O)[O-])c2)cn1. The fourth-order valence-corrected chi connectivity index (χ4v) is 2.00. The first kappa shape index (κ1) is 15.0. The Morgan fingerprint density at radius 2 is 1.86 bits per heavy atom. The minimum Gasteiger partial charge on any atom is -0.261 e. The van der Waals surface area contributed by atoms with E-state index in [9.17, 15) is 23.3 Å². The molecule has 0 N–H and O–H groups in total. The van der Waals surface area contributed by atoms with Crippen molar-refractivity contribution in [3.05, 3.63) is 57.4 Å². The van der Waals surface area contributed by atoms with E-state index in [1.807, 2.05) is 0 Å². The van der Waals surface area contributed by atoms with Crippen LogP contribution in [0.2, 0.25) is 0 Å². The van der Waals surface area contributed by atoms with Gasteiger partial charge in [0.1, 0.15) is 0 Å². The molecule has 110 valence electrons. The van der Waals surface area contributed by atoms with E-state index in [-0.39, 0.29) is 22.5 Å². The third-order valence-electron chi connectivity index (χ3n) is 3.06. The standard InChI is InChI=1S/C14H11F3N2O2/c1-8-3-4-10(6-13(8)19(20)21)11-7-18-9(2)5-12(11)14(15,16)17/h3-7H,1-2H3. The van der Waals surface area contributed by atoms with Gasteiger partial charge in [-0.1, -0.05) is 12.1 Å². The summed E-state index contributed by atoms with van der Waals surface area (Å²) in [7, 11) is 0. The van der Waals surface area contributed by atoms with Crippen LogP contribution in [0.4, 0.5) is 18.9 Å². The van der Waals surface area contributed by atoms with Gasteiger partial charge in [-0.15, -0.1) is 0 Å². The van der Waals surface area contributed by atoms with Crippen molar-refractivity contribution in [2.75, 3.05) is 0 Å². The van der Waals surface area contributed by atoms with Crippen molar-refractivity contribution < 1.29 is 18.1 Å². The van der Waals surface area contributed by atoms with Gasteiger partial charge in [-0.05, 0) is 25.5 Å². The summed E-state index contributed by atoms with van der Waals surface area (Å²) in [5, 5.41) is 10.9. The van der Waals surface area contributed by atoms with Crippen molar-refractivity contribution in [3.8, 4) is 11.1 Å². The Bertz CT molecular complexity index is 712. The maximum atomic E-state index is 13.1. The summed E-state index contributed by atoms with van der Waals surface area (Å²) in [6.45, 7) is 2.98. The molecule has 0 saturated heterocycles. The largest absolute Gasteiger partial charge is 0.417 e. The Morgan fingerprint density at radius 3 is 2.43 bits per heavy atom. The van der Waals surface area contributed by atoms with E-state index in [1.54, 1.807) is 0 Å². The highest BCUT2D eigenvalue weighted by molar-refractivity contribution is 5.70. The highest BCUT2D eigenvalue weighted by Crippen LogP contribution is 2.38. The van der Waals surface area contributed by atoms with Crippen molar-refractivity contribution in [1.82, 2.24) is 4.98 Å². The minimum absolute atomic E-state index is 0.118. The second-order valence-corrected chi connectivity index (χ2v) is 4.63. The molecule has 4 nitrogen and oxygen atoms in total. The molecule has 2 rings (SSSR count). The van der Waals surface area contributed by atoms with Crippen molar-refractivity contribution >= 4 is 5.69 Å². The summed E-state index contributed by atoms with van der Waals surface area (Å²) in [5.41, 5.74) is -0.511. The third-order valence-corrected chi connectivity index (χ3v) is 3.06. The molecular formula is C14H11F3N2O2. The second-order valence-electron chi connectivity index (χ2n) is 4.63. The fraction of sp³-hybridized carbons (Fsp3) is 0.214. The predicted molar refractivity (Wildman–Crippen MR) is 70.8 cm³/mol. The lowest BCUT2D eigenvalue weighted by Crippen LogP contribution is -2.08. The second kappa shape index (κ2) is 5.16. The molecule has 1 aromatic heterocycles. The maximum absolute atomic E-state index is 13.1. The van der Waals surface area contributed by atoms with Gasteiger partial charge >= 0.3 is 6.18 Å². The first-order valence-electron chi connectivity index (χ1n) is 5.99. The van der Waals surface area contributed by atoms with E-state index in [2.05, 4.69) is 4.98 Å². The Kier molecular flexibility index (Phi) is 3.67. The van der Waals surface area contributed by atoms with Gasteiger partial charge in [-0.25, -0.2) is 0 Å². The normalized spacial score (nSPS) is 11.5. The Hall–Kier alpha value is -2.44. The van der Waals surface area contributed by atoms with Gasteiger partial charge in [-0.3, -0.25) is 15.1 Å². The molecule has 0 bridgehead atoms. The highest BCUT2D eigenvalue weighted by Gasteiger charge is 2.34. The third kappa shape index (κ3) is 3.01. The Balaban J connectivity index is 2.68. The molecule has 0 aliphatic rings. The Labute approximate surface area is 118 Å². The lowest BCUT2D eigenvalue weighted by atomic mass is 9.99. The number of benzene rings is 1. The Morgan fingerprint density at radius 1 is 1.19 bits per heavy atom. The van der Waals surface area contributed by atoms with Gasteiger partial charge in [0.15, 0.2) is 0 Å². The zero-order valence-electron chi connectivity index (χ0n) is 11.2. The molecule has 0 atom stereocenters. The quantitative estimate of drug-likeness (QED) is 0.613. The van der Waals surface area contributed by atoms with Crippen LogP contribution in [-0.4, -0.2) is 9.91 Å². The molecule has 0 saturated carbocycles. The van der Waals surface area contributed by atoms with E-state index in [0.717, 1.165) is 18.3 Å². The topological polar surface area (TPSA) is 56.0 Å². The van der Waals surface area contributed by atoms with Crippen molar-refractivity contribution in [2.45, 2.75) is 20.0 Å². The van der Waals surface area contributed by atoms with Crippen molar-refractivity contribution in [2.24, 2.45) is 0 Å². The summed E-state index contributed by atoms with van der Waals surface area (Å²) in [5.74, 6) is 0. The molecular weight excluding hydrogens is 285 g/mol. The summed E-state index contributed by atoms with van der Waals surface area (Å²) in [6, 6.07) is 4.91. The minimum atomic E-state index is -4.55. The molecule has 21 heavy (non-hydrogen) atoms. The van der Waals surface area contributed by atoms with Crippen LogP contribution in [0.1, 0.15) is 16.8 Å². The molecule has 1 aromatic carbocycles. The van der Waals surface area contributed by atoms with Crippen LogP contribution < -0.4 is 0 Å². The zero-order chi connectivity index (χ0) is 15.8. The molecule has 0 fully saturated rings. The summed E-state index contributed by atoms with van der Waals surface area (Å²) in [6.07, 6.45) is -3.46. The van der Waals surface area contributed by atoms with E-state index in [4.69, 9.17) is 0 Å². The van der Waals surface area contributed by atoms with Crippen LogP contribution in [0.3, 0.4) is 0 Å². The van der Waals surface area contributed by atoms with Crippen LogP contribution in [-0.2, 0) is 6.18 Å². The van der Waals surface area contributed by atoms with E-state index in [0.29, 0.717) is 5.56 Å². The number of hydrogen-bond acceptors (Lipinski definition) is 3. The fourth-order valence-electron chi connectivity index (χ4n) is 2.00. The monoisotopic (exact) mass is 296 g/mol. The number of halogens is 3. The molecule has 0 radical (unpaired) electrons. The molecule has 7 heteroatoms. The number of nitro benzene ring substituents is 1. The van der Waals surface area contributed by atoms with Crippen molar-refractivity contribution in [3.63, 3.8) is 0 Å². The zero-order valence-corrected chi connectivity index (χ0v) is 11.2. The van der Waals surface area contributed by atoms with Gasteiger partial charge in [0.2, 0.25) is 0 Å². The maximum Gasteiger partial charge on any atom is 0.417 e. The summed E-state index contributed by atoms with van der Waals surface area (Å²) >= 11 is 0. The van der Waals surface area contributed by atoms with Crippen LogP contribution in [0, 0.1) is 24.0 Å². The lowest BCUT2D eigenvalue weighted by molar-refractivity contribution is -0.385. The van der Waals surface area contributed by atoms with Crippen LogP contribution in [0.25, 0.3) is 11.1 Å². The smallest absolute Gasteiger partial charge is 0.261 e. The number of rotatable bonds is 2. The van der Waals surface area contributed by atoms with E-state index in [1.165, 1.54) is 26.0 Å². The number of aryl methyl sites for hydroxylation is 2. The number of nitro groups is 1. The first-order chi connectivity index (χ1) is 9.70. The average molecular weight is 296 g/mol.